The van der Waals surface area contributed by atoms with Crippen LogP contribution in [0.4, 0.5) is 0 Å². The molecule has 21 heavy (non-hydrogen) atoms. The maximum absolute atomic E-state index is 6.16. The lowest BCUT2D eigenvalue weighted by Gasteiger charge is -2.16. The molecule has 0 amide bonds. The van der Waals surface area contributed by atoms with Crippen LogP contribution in [0.15, 0.2) is 42.5 Å². The summed E-state index contributed by atoms with van der Waals surface area (Å²) in [4.78, 5) is 0. The third-order valence-electron chi connectivity index (χ3n) is 3.15. The van der Waals surface area contributed by atoms with E-state index in [-0.39, 0.29) is 6.04 Å². The van der Waals surface area contributed by atoms with Crippen molar-refractivity contribution in [2.45, 2.75) is 26.0 Å². The summed E-state index contributed by atoms with van der Waals surface area (Å²) in [5.74, 6) is 1.44. The van der Waals surface area contributed by atoms with Gasteiger partial charge in [-0.2, -0.15) is 0 Å². The molecule has 2 aromatic carbocycles. The first kappa shape index (κ1) is 15.7. The Bertz CT molecular complexity index is 599. The quantitative estimate of drug-likeness (QED) is 0.882. The summed E-state index contributed by atoms with van der Waals surface area (Å²) in [6, 6.07) is 13.5. The van der Waals surface area contributed by atoms with Gasteiger partial charge in [-0.05, 0) is 31.0 Å². The Morgan fingerprint density at radius 2 is 1.81 bits per heavy atom. The van der Waals surface area contributed by atoms with Gasteiger partial charge in [0, 0.05) is 16.6 Å². The molecule has 2 aromatic rings. The second kappa shape index (κ2) is 7.34. The minimum atomic E-state index is 0.0553. The molecule has 0 aliphatic rings. The molecule has 0 heterocycles. The summed E-state index contributed by atoms with van der Waals surface area (Å²) in [5.41, 5.74) is 7.88. The van der Waals surface area contributed by atoms with Crippen LogP contribution in [-0.2, 0) is 13.0 Å². The fourth-order valence-corrected chi connectivity index (χ4v) is 2.35. The SMILES string of the molecule is COc1cccc(CC(C)N)c1OCc1ccccc1Cl. The average molecular weight is 306 g/mol. The Labute approximate surface area is 130 Å². The van der Waals surface area contributed by atoms with Crippen LogP contribution in [0, 0.1) is 0 Å². The van der Waals surface area contributed by atoms with Crippen molar-refractivity contribution in [1.29, 1.82) is 0 Å². The number of rotatable bonds is 6. The highest BCUT2D eigenvalue weighted by molar-refractivity contribution is 6.31. The van der Waals surface area contributed by atoms with Gasteiger partial charge in [0.15, 0.2) is 11.5 Å². The van der Waals surface area contributed by atoms with Crippen molar-refractivity contribution in [2.24, 2.45) is 5.73 Å². The predicted molar refractivity (Wildman–Crippen MR) is 86.1 cm³/mol. The average Bonchev–Trinajstić information content (AvgIpc) is 2.46. The molecule has 0 aromatic heterocycles. The number of para-hydroxylation sites is 1. The molecule has 2 N–H and O–H groups in total. The predicted octanol–water partition coefficient (Wildman–Crippen LogP) is 3.82. The first-order chi connectivity index (χ1) is 10.1. The monoisotopic (exact) mass is 305 g/mol. The second-order valence-corrected chi connectivity index (χ2v) is 5.42. The van der Waals surface area contributed by atoms with Gasteiger partial charge in [-0.15, -0.1) is 0 Å². The molecule has 0 aliphatic heterocycles. The van der Waals surface area contributed by atoms with E-state index in [4.69, 9.17) is 26.8 Å². The van der Waals surface area contributed by atoms with Crippen molar-refractivity contribution in [2.75, 3.05) is 7.11 Å². The van der Waals surface area contributed by atoms with Gasteiger partial charge < -0.3 is 15.2 Å². The molecule has 112 valence electrons. The summed E-state index contributed by atoms with van der Waals surface area (Å²) >= 11 is 6.16. The summed E-state index contributed by atoms with van der Waals surface area (Å²) in [5, 5.41) is 0.696. The normalized spacial score (nSPS) is 12.0. The Morgan fingerprint density at radius 1 is 1.10 bits per heavy atom. The highest BCUT2D eigenvalue weighted by Crippen LogP contribution is 2.33. The number of hydrogen-bond acceptors (Lipinski definition) is 3. The van der Waals surface area contributed by atoms with Gasteiger partial charge in [0.25, 0.3) is 0 Å². The van der Waals surface area contributed by atoms with Crippen molar-refractivity contribution in [3.8, 4) is 11.5 Å². The van der Waals surface area contributed by atoms with Crippen LogP contribution in [0.1, 0.15) is 18.1 Å². The Hall–Kier alpha value is -1.71. The molecule has 0 radical (unpaired) electrons. The van der Waals surface area contributed by atoms with Gasteiger partial charge in [-0.3, -0.25) is 0 Å². The minimum absolute atomic E-state index is 0.0553. The third kappa shape index (κ3) is 4.13. The standard InChI is InChI=1S/C17H20ClNO2/c1-12(19)10-13-7-5-9-16(20-2)17(13)21-11-14-6-3-4-8-15(14)18/h3-9,12H,10-11,19H2,1-2H3. The summed E-state index contributed by atoms with van der Waals surface area (Å²) in [6.45, 7) is 2.36. The van der Waals surface area contributed by atoms with Gasteiger partial charge in [-0.25, -0.2) is 0 Å². The van der Waals surface area contributed by atoms with E-state index in [2.05, 4.69) is 0 Å². The number of ether oxygens (including phenoxy) is 2. The van der Waals surface area contributed by atoms with Gasteiger partial charge >= 0.3 is 0 Å². The highest BCUT2D eigenvalue weighted by atomic mass is 35.5. The zero-order valence-corrected chi connectivity index (χ0v) is 13.1. The van der Waals surface area contributed by atoms with Crippen LogP contribution >= 0.6 is 11.6 Å². The van der Waals surface area contributed by atoms with Gasteiger partial charge in [0.2, 0.25) is 0 Å². The number of nitrogens with two attached hydrogens (primary N) is 1. The highest BCUT2D eigenvalue weighted by Gasteiger charge is 2.12. The molecular formula is C17H20ClNO2. The molecule has 0 aliphatic carbocycles. The lowest BCUT2D eigenvalue weighted by atomic mass is 10.1. The fourth-order valence-electron chi connectivity index (χ4n) is 2.16. The maximum Gasteiger partial charge on any atom is 0.164 e. The lowest BCUT2D eigenvalue weighted by molar-refractivity contribution is 0.281. The van der Waals surface area contributed by atoms with Crippen molar-refractivity contribution >= 4 is 11.6 Å². The van der Waals surface area contributed by atoms with Crippen LogP contribution in [0.2, 0.25) is 5.02 Å². The topological polar surface area (TPSA) is 44.5 Å². The molecule has 0 spiro atoms. The first-order valence-electron chi connectivity index (χ1n) is 6.89. The maximum atomic E-state index is 6.16. The van der Waals surface area contributed by atoms with E-state index >= 15 is 0 Å². The minimum Gasteiger partial charge on any atom is -0.493 e. The number of benzene rings is 2. The van der Waals surface area contributed by atoms with Crippen LogP contribution in [0.3, 0.4) is 0 Å². The Balaban J connectivity index is 2.23. The van der Waals surface area contributed by atoms with Crippen LogP contribution in [0.25, 0.3) is 0 Å². The zero-order valence-electron chi connectivity index (χ0n) is 12.3. The molecule has 0 saturated heterocycles. The molecule has 0 bridgehead atoms. The van der Waals surface area contributed by atoms with Crippen molar-refractivity contribution in [3.63, 3.8) is 0 Å². The molecule has 0 saturated carbocycles. The van der Waals surface area contributed by atoms with E-state index in [1.807, 2.05) is 49.4 Å². The first-order valence-corrected chi connectivity index (χ1v) is 7.27. The van der Waals surface area contributed by atoms with Gasteiger partial charge in [0.1, 0.15) is 6.61 Å². The van der Waals surface area contributed by atoms with E-state index in [1.54, 1.807) is 7.11 Å². The van der Waals surface area contributed by atoms with Gasteiger partial charge in [0.05, 0.1) is 7.11 Å². The van der Waals surface area contributed by atoms with Crippen LogP contribution in [-0.4, -0.2) is 13.2 Å². The molecule has 1 atom stereocenters. The molecule has 2 rings (SSSR count). The largest absolute Gasteiger partial charge is 0.493 e. The number of methoxy groups -OCH3 is 1. The Kier molecular flexibility index (Phi) is 5.48. The third-order valence-corrected chi connectivity index (χ3v) is 3.52. The molecular weight excluding hydrogens is 286 g/mol. The van der Waals surface area contributed by atoms with E-state index in [0.29, 0.717) is 17.4 Å². The van der Waals surface area contributed by atoms with E-state index in [1.165, 1.54) is 0 Å². The smallest absolute Gasteiger partial charge is 0.164 e. The second-order valence-electron chi connectivity index (χ2n) is 5.01. The fraction of sp³-hybridized carbons (Fsp3) is 0.294. The molecule has 0 fully saturated rings. The van der Waals surface area contributed by atoms with Crippen LogP contribution in [0.5, 0.6) is 11.5 Å². The molecule has 1 unspecified atom stereocenters. The number of halogens is 1. The molecule has 3 nitrogen and oxygen atoms in total. The zero-order chi connectivity index (χ0) is 15.2. The lowest BCUT2D eigenvalue weighted by Crippen LogP contribution is -2.18. The summed E-state index contributed by atoms with van der Waals surface area (Å²) in [6.07, 6.45) is 0.731. The van der Waals surface area contributed by atoms with Gasteiger partial charge in [-0.1, -0.05) is 41.9 Å². The summed E-state index contributed by atoms with van der Waals surface area (Å²) in [7, 11) is 1.63. The van der Waals surface area contributed by atoms with Crippen LogP contribution < -0.4 is 15.2 Å². The van der Waals surface area contributed by atoms with E-state index in [9.17, 15) is 0 Å². The van der Waals surface area contributed by atoms with Crippen molar-refractivity contribution in [3.05, 3.63) is 58.6 Å². The van der Waals surface area contributed by atoms with E-state index in [0.717, 1.165) is 23.3 Å². The van der Waals surface area contributed by atoms with Crippen molar-refractivity contribution in [1.82, 2.24) is 0 Å². The van der Waals surface area contributed by atoms with E-state index < -0.39 is 0 Å². The number of hydrogen-bond donors (Lipinski definition) is 1. The Morgan fingerprint density at radius 3 is 2.48 bits per heavy atom. The summed E-state index contributed by atoms with van der Waals surface area (Å²) < 4.78 is 11.3. The molecule has 4 heteroatoms. The van der Waals surface area contributed by atoms with Crippen molar-refractivity contribution < 1.29 is 9.47 Å².